The fourth-order valence-electron chi connectivity index (χ4n) is 2.52. The summed E-state index contributed by atoms with van der Waals surface area (Å²) in [6, 6.07) is 0. The predicted octanol–water partition coefficient (Wildman–Crippen LogP) is 2.35. The van der Waals surface area contributed by atoms with Gasteiger partial charge in [-0.15, -0.1) is 0 Å². The molecule has 0 amide bonds. The van der Waals surface area contributed by atoms with Crippen LogP contribution in [0.4, 0.5) is 0 Å². The summed E-state index contributed by atoms with van der Waals surface area (Å²) in [5.41, 5.74) is 0. The molecule has 0 spiro atoms. The average molecular weight is 240 g/mol. The topological polar surface area (TPSA) is 52.6 Å². The van der Waals surface area contributed by atoms with Gasteiger partial charge in [0.2, 0.25) is 0 Å². The van der Waals surface area contributed by atoms with E-state index in [2.05, 4.69) is 0 Å². The van der Waals surface area contributed by atoms with Gasteiger partial charge in [0.1, 0.15) is 12.2 Å². The molecule has 2 rings (SSSR count). The molecule has 0 aromatic heterocycles. The minimum atomic E-state index is -0.104. The molecule has 2 unspecified atom stereocenters. The molecule has 0 radical (unpaired) electrons. The number of cyclic esters (lactones) is 2. The first kappa shape index (κ1) is 12.4. The van der Waals surface area contributed by atoms with Crippen LogP contribution in [-0.2, 0) is 19.1 Å². The van der Waals surface area contributed by atoms with Crippen molar-refractivity contribution >= 4 is 11.9 Å². The van der Waals surface area contributed by atoms with Gasteiger partial charge in [-0.05, 0) is 38.5 Å². The molecular formula is C13H20O4. The van der Waals surface area contributed by atoms with Gasteiger partial charge in [0.15, 0.2) is 0 Å². The van der Waals surface area contributed by atoms with Crippen molar-refractivity contribution in [1.29, 1.82) is 0 Å². The van der Waals surface area contributed by atoms with Gasteiger partial charge in [-0.3, -0.25) is 9.59 Å². The van der Waals surface area contributed by atoms with Crippen LogP contribution in [0, 0.1) is 0 Å². The molecule has 17 heavy (non-hydrogen) atoms. The van der Waals surface area contributed by atoms with Crippen LogP contribution < -0.4 is 0 Å². The van der Waals surface area contributed by atoms with Crippen molar-refractivity contribution < 1.29 is 19.1 Å². The van der Waals surface area contributed by atoms with Crippen LogP contribution in [0.15, 0.2) is 0 Å². The first-order valence-electron chi connectivity index (χ1n) is 6.63. The maximum Gasteiger partial charge on any atom is 0.306 e. The summed E-state index contributed by atoms with van der Waals surface area (Å²) < 4.78 is 10.7. The van der Waals surface area contributed by atoms with Crippen molar-refractivity contribution in [3.05, 3.63) is 0 Å². The van der Waals surface area contributed by atoms with E-state index < -0.39 is 0 Å². The molecular weight excluding hydrogens is 220 g/mol. The Labute approximate surface area is 102 Å². The Kier molecular flexibility index (Phi) is 4.40. The Balaban J connectivity index is 1.85. The second kappa shape index (κ2) is 6.03. The highest BCUT2D eigenvalue weighted by atomic mass is 16.6. The predicted molar refractivity (Wildman–Crippen MR) is 61.3 cm³/mol. The van der Waals surface area contributed by atoms with Gasteiger partial charge in [-0.1, -0.05) is 0 Å². The molecule has 2 fully saturated rings. The molecule has 2 atom stereocenters. The zero-order valence-electron chi connectivity index (χ0n) is 10.2. The standard InChI is InChI=1S/C13H20O4/c14-12-7-3-1-5-10(16-12)9-11-6-2-4-8-13(15)17-11/h10-11H,1-9H2. The van der Waals surface area contributed by atoms with Gasteiger partial charge in [-0.2, -0.15) is 0 Å². The summed E-state index contributed by atoms with van der Waals surface area (Å²) in [4.78, 5) is 22.7. The van der Waals surface area contributed by atoms with Gasteiger partial charge in [0, 0.05) is 19.3 Å². The lowest BCUT2D eigenvalue weighted by molar-refractivity contribution is -0.154. The first-order valence-corrected chi connectivity index (χ1v) is 6.63. The molecule has 0 aliphatic carbocycles. The fraction of sp³-hybridized carbons (Fsp3) is 0.846. The molecule has 2 saturated heterocycles. The molecule has 4 heteroatoms. The number of hydrogen-bond donors (Lipinski definition) is 0. The van der Waals surface area contributed by atoms with Crippen LogP contribution in [0.25, 0.3) is 0 Å². The van der Waals surface area contributed by atoms with Gasteiger partial charge in [0.25, 0.3) is 0 Å². The van der Waals surface area contributed by atoms with E-state index in [4.69, 9.17) is 9.47 Å². The van der Waals surface area contributed by atoms with Crippen molar-refractivity contribution in [2.24, 2.45) is 0 Å². The lowest BCUT2D eigenvalue weighted by Crippen LogP contribution is -2.25. The minimum Gasteiger partial charge on any atom is -0.462 e. The smallest absolute Gasteiger partial charge is 0.306 e. The SMILES string of the molecule is O=C1CCCCC(CC2CCCCC(=O)O2)O1. The van der Waals surface area contributed by atoms with Crippen molar-refractivity contribution in [1.82, 2.24) is 0 Å². The summed E-state index contributed by atoms with van der Waals surface area (Å²) in [6.45, 7) is 0. The summed E-state index contributed by atoms with van der Waals surface area (Å²) in [6.07, 6.45) is 7.31. The maximum absolute atomic E-state index is 11.3. The van der Waals surface area contributed by atoms with Gasteiger partial charge < -0.3 is 9.47 Å². The van der Waals surface area contributed by atoms with E-state index in [9.17, 15) is 9.59 Å². The third-order valence-electron chi connectivity index (χ3n) is 3.44. The van der Waals surface area contributed by atoms with Crippen LogP contribution >= 0.6 is 0 Å². The van der Waals surface area contributed by atoms with Gasteiger partial charge in [-0.25, -0.2) is 0 Å². The third kappa shape index (κ3) is 4.02. The van der Waals surface area contributed by atoms with Crippen LogP contribution in [0.3, 0.4) is 0 Å². The highest BCUT2D eigenvalue weighted by Gasteiger charge is 2.25. The number of carbonyl (C=O) groups excluding carboxylic acids is 2. The molecule has 2 aliphatic heterocycles. The summed E-state index contributed by atoms with van der Waals surface area (Å²) >= 11 is 0. The highest BCUT2D eigenvalue weighted by Crippen LogP contribution is 2.23. The first-order chi connectivity index (χ1) is 8.24. The zero-order chi connectivity index (χ0) is 12.1. The van der Waals surface area contributed by atoms with E-state index in [1.165, 1.54) is 0 Å². The number of carbonyl (C=O) groups is 2. The second-order valence-corrected chi connectivity index (χ2v) is 4.95. The molecule has 4 nitrogen and oxygen atoms in total. The zero-order valence-corrected chi connectivity index (χ0v) is 10.2. The maximum atomic E-state index is 11.3. The number of rotatable bonds is 2. The Morgan fingerprint density at radius 3 is 1.76 bits per heavy atom. The molecule has 0 bridgehead atoms. The Morgan fingerprint density at radius 2 is 1.29 bits per heavy atom. The van der Waals surface area contributed by atoms with Crippen molar-refractivity contribution in [2.45, 2.75) is 70.0 Å². The number of hydrogen-bond acceptors (Lipinski definition) is 4. The molecule has 0 saturated carbocycles. The molecule has 0 aromatic carbocycles. The monoisotopic (exact) mass is 240 g/mol. The average Bonchev–Trinajstić information content (AvgIpc) is 2.59. The Bertz CT molecular complexity index is 259. The van der Waals surface area contributed by atoms with Gasteiger partial charge in [0.05, 0.1) is 0 Å². The van der Waals surface area contributed by atoms with Crippen LogP contribution in [0.5, 0.6) is 0 Å². The molecule has 2 aliphatic rings. The third-order valence-corrected chi connectivity index (χ3v) is 3.44. The van der Waals surface area contributed by atoms with Gasteiger partial charge >= 0.3 is 11.9 Å². The number of ether oxygens (including phenoxy) is 2. The second-order valence-electron chi connectivity index (χ2n) is 4.95. The summed E-state index contributed by atoms with van der Waals surface area (Å²) in [7, 11) is 0. The Morgan fingerprint density at radius 1 is 0.824 bits per heavy atom. The normalized spacial score (nSPS) is 31.1. The van der Waals surface area contributed by atoms with Crippen LogP contribution in [0.1, 0.15) is 57.8 Å². The minimum absolute atomic E-state index is 0.0547. The molecule has 0 N–H and O–H groups in total. The quantitative estimate of drug-likeness (QED) is 0.695. The lowest BCUT2D eigenvalue weighted by Gasteiger charge is -2.21. The van der Waals surface area contributed by atoms with Crippen molar-refractivity contribution in [3.8, 4) is 0 Å². The van der Waals surface area contributed by atoms with Crippen molar-refractivity contribution in [2.75, 3.05) is 0 Å². The fourth-order valence-corrected chi connectivity index (χ4v) is 2.52. The highest BCUT2D eigenvalue weighted by molar-refractivity contribution is 5.70. The Hall–Kier alpha value is -1.06. The van der Waals surface area contributed by atoms with Crippen LogP contribution in [0.2, 0.25) is 0 Å². The van der Waals surface area contributed by atoms with E-state index in [-0.39, 0.29) is 24.1 Å². The van der Waals surface area contributed by atoms with Crippen molar-refractivity contribution in [3.63, 3.8) is 0 Å². The largest absolute Gasteiger partial charge is 0.462 e. The van der Waals surface area contributed by atoms with Crippen LogP contribution in [-0.4, -0.2) is 24.1 Å². The molecule has 96 valence electrons. The summed E-state index contributed by atoms with van der Waals surface area (Å²) in [5, 5.41) is 0. The summed E-state index contributed by atoms with van der Waals surface area (Å²) in [5.74, 6) is -0.208. The lowest BCUT2D eigenvalue weighted by atomic mass is 10.0. The number of esters is 2. The van der Waals surface area contributed by atoms with E-state index in [0.29, 0.717) is 19.3 Å². The van der Waals surface area contributed by atoms with E-state index >= 15 is 0 Å². The molecule has 2 heterocycles. The van der Waals surface area contributed by atoms with E-state index in [0.717, 1.165) is 38.5 Å². The molecule has 0 aromatic rings. The van der Waals surface area contributed by atoms with E-state index in [1.807, 2.05) is 0 Å². The van der Waals surface area contributed by atoms with E-state index in [1.54, 1.807) is 0 Å².